The maximum atomic E-state index is 10.9. The monoisotopic (exact) mass is 258 g/mol. The van der Waals surface area contributed by atoms with Crippen LogP contribution < -0.4 is 0 Å². The van der Waals surface area contributed by atoms with Gasteiger partial charge in [0.25, 0.3) is 10.1 Å². The molecule has 0 unspecified atom stereocenters. The van der Waals surface area contributed by atoms with Crippen molar-refractivity contribution in [3.8, 4) is 0 Å². The molecular weight excluding hydrogens is 240 g/mol. The summed E-state index contributed by atoms with van der Waals surface area (Å²) < 4.78 is 26.4. The van der Waals surface area contributed by atoms with E-state index >= 15 is 0 Å². The molecule has 0 atom stereocenters. The Kier molecular flexibility index (Phi) is 4.30. The highest BCUT2D eigenvalue weighted by molar-refractivity contribution is 7.85. The van der Waals surface area contributed by atoms with E-state index in [-0.39, 0.29) is 6.61 Å². The molecule has 0 aliphatic heterocycles. The van der Waals surface area contributed by atoms with E-state index in [9.17, 15) is 13.5 Å². The van der Waals surface area contributed by atoms with Gasteiger partial charge in [-0.25, -0.2) is 0 Å². The Morgan fingerprint density at radius 1 is 1.29 bits per heavy atom. The lowest BCUT2D eigenvalue weighted by atomic mass is 9.97. The predicted molar refractivity (Wildman–Crippen MR) is 66.1 cm³/mol. The molecular formula is C12H18O4S. The first-order chi connectivity index (χ1) is 7.66. The second-order valence-electron chi connectivity index (χ2n) is 4.78. The topological polar surface area (TPSA) is 63.6 Å². The minimum absolute atomic E-state index is 0.0263. The van der Waals surface area contributed by atoms with Crippen LogP contribution in [0.2, 0.25) is 0 Å². The van der Waals surface area contributed by atoms with E-state index < -0.39 is 15.7 Å². The molecule has 0 fully saturated rings. The van der Waals surface area contributed by atoms with Gasteiger partial charge in [-0.15, -0.1) is 0 Å². The Bertz CT molecular complexity index is 472. The van der Waals surface area contributed by atoms with Crippen LogP contribution in [0.1, 0.15) is 25.0 Å². The second-order valence-corrected chi connectivity index (χ2v) is 6.42. The molecule has 1 aromatic carbocycles. The molecule has 0 amide bonds. The van der Waals surface area contributed by atoms with Crippen molar-refractivity contribution in [3.63, 3.8) is 0 Å². The lowest BCUT2D eigenvalue weighted by Crippen LogP contribution is -2.21. The van der Waals surface area contributed by atoms with Crippen molar-refractivity contribution < 1.29 is 17.7 Å². The van der Waals surface area contributed by atoms with Gasteiger partial charge in [0.05, 0.1) is 18.5 Å². The molecule has 0 aliphatic carbocycles. The van der Waals surface area contributed by atoms with E-state index in [2.05, 4.69) is 0 Å². The summed E-state index contributed by atoms with van der Waals surface area (Å²) in [6.07, 6.45) is 1.54. The van der Waals surface area contributed by atoms with Crippen molar-refractivity contribution in [1.29, 1.82) is 0 Å². The summed E-state index contributed by atoms with van der Waals surface area (Å²) in [5.41, 5.74) is 0.945. The van der Waals surface area contributed by atoms with Crippen molar-refractivity contribution in [2.24, 2.45) is 0 Å². The largest absolute Gasteiger partial charge is 0.390 e. The summed E-state index contributed by atoms with van der Waals surface area (Å²) in [5, 5.41) is 9.69. The quantitative estimate of drug-likeness (QED) is 0.812. The molecule has 0 radical (unpaired) electrons. The molecule has 0 saturated heterocycles. The van der Waals surface area contributed by atoms with Crippen LogP contribution in [0.25, 0.3) is 0 Å². The molecule has 0 saturated carbocycles. The standard InChI is InChI=1S/C12H18O4S/c1-12(2,13)8-10-5-4-6-11(7-10)9-16-17(3,14)15/h4-7,13H,8-9H2,1-3H3. The Hall–Kier alpha value is -0.910. The van der Waals surface area contributed by atoms with Crippen molar-refractivity contribution >= 4 is 10.1 Å². The fraction of sp³-hybridized carbons (Fsp3) is 0.500. The minimum atomic E-state index is -3.42. The summed E-state index contributed by atoms with van der Waals surface area (Å²) in [4.78, 5) is 0. The molecule has 4 nitrogen and oxygen atoms in total. The molecule has 1 rings (SSSR count). The van der Waals surface area contributed by atoms with Crippen LogP contribution in [-0.2, 0) is 27.3 Å². The first-order valence-electron chi connectivity index (χ1n) is 5.30. The maximum Gasteiger partial charge on any atom is 0.264 e. The number of benzene rings is 1. The maximum absolute atomic E-state index is 10.9. The average Bonchev–Trinajstić information content (AvgIpc) is 2.11. The van der Waals surface area contributed by atoms with Gasteiger partial charge in [0.15, 0.2) is 0 Å². The number of aliphatic hydroxyl groups is 1. The van der Waals surface area contributed by atoms with Crippen molar-refractivity contribution in [2.75, 3.05) is 6.26 Å². The molecule has 5 heteroatoms. The zero-order chi connectivity index (χ0) is 13.1. The first-order valence-corrected chi connectivity index (χ1v) is 7.12. The molecule has 1 N–H and O–H groups in total. The van der Waals surface area contributed by atoms with Crippen LogP contribution in [-0.4, -0.2) is 25.4 Å². The van der Waals surface area contributed by atoms with Gasteiger partial charge in [-0.05, 0) is 25.0 Å². The van der Waals surface area contributed by atoms with Crippen LogP contribution in [0.4, 0.5) is 0 Å². The zero-order valence-corrected chi connectivity index (χ0v) is 11.1. The van der Waals surface area contributed by atoms with E-state index in [4.69, 9.17) is 4.18 Å². The van der Waals surface area contributed by atoms with Gasteiger partial charge in [0.2, 0.25) is 0 Å². The van der Waals surface area contributed by atoms with Crippen LogP contribution in [0.3, 0.4) is 0 Å². The van der Waals surface area contributed by atoms with Gasteiger partial charge in [0.1, 0.15) is 0 Å². The van der Waals surface area contributed by atoms with E-state index in [0.29, 0.717) is 6.42 Å². The molecule has 1 aromatic rings. The molecule has 96 valence electrons. The summed E-state index contributed by atoms with van der Waals surface area (Å²) in [6.45, 7) is 3.48. The number of hydrogen-bond donors (Lipinski definition) is 1. The minimum Gasteiger partial charge on any atom is -0.390 e. The Morgan fingerprint density at radius 2 is 1.88 bits per heavy atom. The highest BCUT2D eigenvalue weighted by atomic mass is 32.2. The fourth-order valence-corrected chi connectivity index (χ4v) is 1.85. The molecule has 0 bridgehead atoms. The Balaban J connectivity index is 2.73. The number of hydrogen-bond acceptors (Lipinski definition) is 4. The van der Waals surface area contributed by atoms with E-state index in [1.807, 2.05) is 18.2 Å². The molecule has 0 aromatic heterocycles. The predicted octanol–water partition coefficient (Wildman–Crippen LogP) is 1.48. The lowest BCUT2D eigenvalue weighted by Gasteiger charge is -2.17. The van der Waals surface area contributed by atoms with Crippen molar-refractivity contribution in [3.05, 3.63) is 35.4 Å². The van der Waals surface area contributed by atoms with E-state index in [1.54, 1.807) is 19.9 Å². The molecule has 0 heterocycles. The first kappa shape index (κ1) is 14.2. The third-order valence-electron chi connectivity index (χ3n) is 2.07. The molecule has 17 heavy (non-hydrogen) atoms. The van der Waals surface area contributed by atoms with Crippen LogP contribution in [0.5, 0.6) is 0 Å². The third kappa shape index (κ3) is 6.41. The highest BCUT2D eigenvalue weighted by Gasteiger charge is 2.13. The smallest absolute Gasteiger partial charge is 0.264 e. The Labute approximate surface area is 102 Å². The average molecular weight is 258 g/mol. The number of rotatable bonds is 5. The van der Waals surface area contributed by atoms with Crippen molar-refractivity contribution in [1.82, 2.24) is 0 Å². The molecule has 0 aliphatic rings. The van der Waals surface area contributed by atoms with E-state index in [0.717, 1.165) is 17.4 Å². The second kappa shape index (κ2) is 5.16. The fourth-order valence-electron chi connectivity index (χ4n) is 1.50. The summed E-state index contributed by atoms with van der Waals surface area (Å²) in [5.74, 6) is 0. The normalized spacial score (nSPS) is 12.7. The van der Waals surface area contributed by atoms with E-state index in [1.165, 1.54) is 0 Å². The van der Waals surface area contributed by atoms with Crippen molar-refractivity contribution in [2.45, 2.75) is 32.5 Å². The summed E-state index contributed by atoms with van der Waals surface area (Å²) in [7, 11) is -3.42. The third-order valence-corrected chi connectivity index (χ3v) is 2.61. The summed E-state index contributed by atoms with van der Waals surface area (Å²) >= 11 is 0. The molecule has 0 spiro atoms. The van der Waals surface area contributed by atoms with Gasteiger partial charge >= 0.3 is 0 Å². The van der Waals surface area contributed by atoms with Gasteiger partial charge in [0, 0.05) is 6.42 Å². The van der Waals surface area contributed by atoms with Crippen LogP contribution in [0, 0.1) is 0 Å². The van der Waals surface area contributed by atoms with Gasteiger partial charge in [-0.1, -0.05) is 24.3 Å². The van der Waals surface area contributed by atoms with Gasteiger partial charge in [-0.2, -0.15) is 8.42 Å². The van der Waals surface area contributed by atoms with Crippen LogP contribution >= 0.6 is 0 Å². The highest BCUT2D eigenvalue weighted by Crippen LogP contribution is 2.14. The van der Waals surface area contributed by atoms with Gasteiger partial charge < -0.3 is 5.11 Å². The van der Waals surface area contributed by atoms with Gasteiger partial charge in [-0.3, -0.25) is 4.18 Å². The SMILES string of the molecule is CC(C)(O)Cc1cccc(COS(C)(=O)=O)c1. The van der Waals surface area contributed by atoms with Crippen LogP contribution in [0.15, 0.2) is 24.3 Å². The lowest BCUT2D eigenvalue weighted by molar-refractivity contribution is 0.0809. The zero-order valence-electron chi connectivity index (χ0n) is 10.3. The summed E-state index contributed by atoms with van der Waals surface area (Å²) in [6, 6.07) is 7.34. The Morgan fingerprint density at radius 3 is 2.41 bits per heavy atom.